The maximum absolute atomic E-state index is 15.6. The molecule has 11 heteroatoms. The Hall–Kier alpha value is -3.70. The average molecular weight is 684 g/mol. The van der Waals surface area contributed by atoms with E-state index in [0.717, 1.165) is 31.2 Å². The van der Waals surface area contributed by atoms with Crippen LogP contribution in [0.5, 0.6) is 5.75 Å². The third-order valence-corrected chi connectivity index (χ3v) is 8.87. The van der Waals surface area contributed by atoms with Crippen molar-refractivity contribution >= 4 is 17.9 Å². The maximum atomic E-state index is 15.6. The lowest BCUT2D eigenvalue weighted by Crippen LogP contribution is -2.54. The predicted octanol–water partition coefficient (Wildman–Crippen LogP) is 6.63. The number of hydrogen-bond acceptors (Lipinski definition) is 7. The minimum absolute atomic E-state index is 0.00398. The number of nitrogens with one attached hydrogen (secondary N) is 1. The Bertz CT molecular complexity index is 1450. The van der Waals surface area contributed by atoms with Gasteiger partial charge >= 0.3 is 6.09 Å². The first-order chi connectivity index (χ1) is 23.3. The number of rotatable bonds is 12. The summed E-state index contributed by atoms with van der Waals surface area (Å²) in [6.45, 7) is 14.3. The number of carbonyl (C=O) groups excluding carboxylic acids is 3. The van der Waals surface area contributed by atoms with Crippen LogP contribution in [0.25, 0.3) is 11.1 Å². The Morgan fingerprint density at radius 1 is 1.06 bits per heavy atom. The molecular formula is C38H54FN3O7. The van der Waals surface area contributed by atoms with E-state index >= 15 is 4.39 Å². The summed E-state index contributed by atoms with van der Waals surface area (Å²) in [7, 11) is 1.61. The first-order valence-electron chi connectivity index (χ1n) is 17.6. The Morgan fingerprint density at radius 2 is 1.80 bits per heavy atom. The molecule has 1 unspecified atom stereocenters. The van der Waals surface area contributed by atoms with Crippen molar-refractivity contribution < 1.29 is 37.7 Å². The number of benzene rings is 2. The minimum atomic E-state index is -0.622. The number of aryl methyl sites for hydroxylation is 1. The van der Waals surface area contributed by atoms with Crippen LogP contribution < -0.4 is 10.1 Å². The average Bonchev–Trinajstić information content (AvgIpc) is 3.06. The number of hydrogen-bond donors (Lipinski definition) is 1. The number of likely N-dealkylation sites (tertiary alicyclic amines) is 1. The smallest absolute Gasteiger partial charge is 0.410 e. The molecule has 0 radical (unpaired) electrons. The Kier molecular flexibility index (Phi) is 13.5. The van der Waals surface area contributed by atoms with Crippen molar-refractivity contribution in [2.45, 2.75) is 104 Å². The standard InChI is InChI=1S/C38H54FN3O7/c1-8-26-21-32(31-22-27(12-13-33(31)39)35(43)40-28-14-19-47-20-15-28)34(48-18-10-17-46-7)23-30(26)36(44)42(25(2)3)29-11-9-16-41(24-29)37(45)49-38(4,5)6/h12-13,21-23,25,28-29H,8-11,14-20,24H2,1-7H3,(H,40,43). The number of ether oxygens (including phenoxy) is 4. The van der Waals surface area contributed by atoms with Crippen molar-refractivity contribution in [3.8, 4) is 16.9 Å². The third kappa shape index (κ3) is 10.2. The third-order valence-electron chi connectivity index (χ3n) is 8.87. The molecule has 270 valence electrons. The minimum Gasteiger partial charge on any atom is -0.493 e. The lowest BCUT2D eigenvalue weighted by atomic mass is 9.93. The molecule has 2 aliphatic heterocycles. The van der Waals surface area contributed by atoms with Gasteiger partial charge in [0.25, 0.3) is 11.8 Å². The molecule has 2 saturated heterocycles. The van der Waals surface area contributed by atoms with Gasteiger partial charge in [-0.05, 0) is 103 Å². The molecule has 0 aliphatic carbocycles. The molecule has 2 heterocycles. The van der Waals surface area contributed by atoms with E-state index in [9.17, 15) is 14.4 Å². The van der Waals surface area contributed by atoms with Gasteiger partial charge in [0.15, 0.2) is 0 Å². The van der Waals surface area contributed by atoms with Gasteiger partial charge in [0.05, 0.1) is 12.6 Å². The lowest BCUT2D eigenvalue weighted by molar-refractivity contribution is 0.00749. The quantitative estimate of drug-likeness (QED) is 0.251. The molecule has 0 saturated carbocycles. The molecule has 10 nitrogen and oxygen atoms in total. The van der Waals surface area contributed by atoms with Gasteiger partial charge in [0.1, 0.15) is 17.2 Å². The molecule has 1 N–H and O–H groups in total. The van der Waals surface area contributed by atoms with Crippen LogP contribution in [0.3, 0.4) is 0 Å². The summed E-state index contributed by atoms with van der Waals surface area (Å²) in [5, 5.41) is 3.05. The second-order valence-electron chi connectivity index (χ2n) is 14.1. The second-order valence-corrected chi connectivity index (χ2v) is 14.1. The molecule has 0 spiro atoms. The van der Waals surface area contributed by atoms with Crippen molar-refractivity contribution in [2.75, 3.05) is 46.6 Å². The van der Waals surface area contributed by atoms with Gasteiger partial charge in [-0.2, -0.15) is 0 Å². The van der Waals surface area contributed by atoms with Crippen LogP contribution >= 0.6 is 0 Å². The van der Waals surface area contributed by atoms with E-state index in [2.05, 4.69) is 5.32 Å². The first-order valence-corrected chi connectivity index (χ1v) is 17.6. The van der Waals surface area contributed by atoms with E-state index in [1.54, 1.807) is 24.1 Å². The zero-order chi connectivity index (χ0) is 35.7. The molecule has 49 heavy (non-hydrogen) atoms. The zero-order valence-corrected chi connectivity index (χ0v) is 30.2. The van der Waals surface area contributed by atoms with Gasteiger partial charge < -0.3 is 34.1 Å². The van der Waals surface area contributed by atoms with Crippen LogP contribution in [-0.4, -0.2) is 98.1 Å². The highest BCUT2D eigenvalue weighted by atomic mass is 19.1. The summed E-state index contributed by atoms with van der Waals surface area (Å²) >= 11 is 0. The molecule has 2 fully saturated rings. The molecule has 2 aromatic rings. The van der Waals surface area contributed by atoms with E-state index in [1.807, 2.05) is 52.5 Å². The number of methoxy groups -OCH3 is 1. The fraction of sp³-hybridized carbons (Fsp3) is 0.605. The van der Waals surface area contributed by atoms with Crippen molar-refractivity contribution in [3.05, 3.63) is 52.8 Å². The van der Waals surface area contributed by atoms with E-state index in [1.165, 1.54) is 12.1 Å². The number of amides is 3. The van der Waals surface area contributed by atoms with Crippen molar-refractivity contribution in [2.24, 2.45) is 0 Å². The first kappa shape index (κ1) is 38.1. The molecule has 4 rings (SSSR count). The van der Waals surface area contributed by atoms with Crippen LogP contribution in [0, 0.1) is 5.82 Å². The van der Waals surface area contributed by atoms with Gasteiger partial charge in [0.2, 0.25) is 0 Å². The monoisotopic (exact) mass is 683 g/mol. The topological polar surface area (TPSA) is 107 Å². The summed E-state index contributed by atoms with van der Waals surface area (Å²) in [5.41, 5.74) is 1.59. The van der Waals surface area contributed by atoms with E-state index in [-0.39, 0.29) is 48.2 Å². The summed E-state index contributed by atoms with van der Waals surface area (Å²) in [4.78, 5) is 44.2. The molecule has 1 atom stereocenters. The van der Waals surface area contributed by atoms with Crippen LogP contribution in [-0.2, 0) is 20.6 Å². The second kappa shape index (κ2) is 17.3. The Morgan fingerprint density at radius 3 is 2.45 bits per heavy atom. The van der Waals surface area contributed by atoms with Crippen LogP contribution in [0.15, 0.2) is 30.3 Å². The van der Waals surface area contributed by atoms with E-state index < -0.39 is 11.4 Å². The molecular weight excluding hydrogens is 629 g/mol. The van der Waals surface area contributed by atoms with Crippen LogP contribution in [0.4, 0.5) is 9.18 Å². The van der Waals surface area contributed by atoms with E-state index in [4.69, 9.17) is 18.9 Å². The number of halogens is 1. The van der Waals surface area contributed by atoms with Gasteiger partial charge in [-0.1, -0.05) is 6.92 Å². The molecule has 2 aromatic carbocycles. The summed E-state index contributed by atoms with van der Waals surface area (Å²) in [6.07, 6.45) is 3.65. The lowest BCUT2D eigenvalue weighted by Gasteiger charge is -2.42. The molecule has 0 aromatic heterocycles. The van der Waals surface area contributed by atoms with Gasteiger partial charge in [-0.15, -0.1) is 0 Å². The largest absolute Gasteiger partial charge is 0.493 e. The summed E-state index contributed by atoms with van der Waals surface area (Å²) < 4.78 is 38.1. The van der Waals surface area contributed by atoms with Crippen LogP contribution in [0.2, 0.25) is 0 Å². The predicted molar refractivity (Wildman–Crippen MR) is 187 cm³/mol. The fourth-order valence-electron chi connectivity index (χ4n) is 6.45. The van der Waals surface area contributed by atoms with E-state index in [0.29, 0.717) is 68.2 Å². The summed E-state index contributed by atoms with van der Waals surface area (Å²) in [5.74, 6) is -0.612. The highest BCUT2D eigenvalue weighted by Gasteiger charge is 2.35. The van der Waals surface area contributed by atoms with Crippen molar-refractivity contribution in [1.82, 2.24) is 15.1 Å². The molecule has 2 aliphatic rings. The fourth-order valence-corrected chi connectivity index (χ4v) is 6.45. The Labute approximate surface area is 290 Å². The van der Waals surface area contributed by atoms with Crippen molar-refractivity contribution in [3.63, 3.8) is 0 Å². The molecule has 3 amide bonds. The van der Waals surface area contributed by atoms with Gasteiger partial charge in [-0.3, -0.25) is 9.59 Å². The maximum Gasteiger partial charge on any atom is 0.410 e. The normalized spacial score (nSPS) is 17.2. The van der Waals surface area contributed by atoms with Gasteiger partial charge in [-0.25, -0.2) is 9.18 Å². The summed E-state index contributed by atoms with van der Waals surface area (Å²) in [6, 6.07) is 7.48. The van der Waals surface area contributed by atoms with Crippen LogP contribution in [0.1, 0.15) is 99.9 Å². The molecule has 0 bridgehead atoms. The Balaban J connectivity index is 1.70. The van der Waals surface area contributed by atoms with Crippen molar-refractivity contribution in [1.29, 1.82) is 0 Å². The number of carbonyl (C=O) groups is 3. The SMILES string of the molecule is CCc1cc(-c2cc(C(=O)NC3CCOCC3)ccc2F)c(OCCCOC)cc1C(=O)N(C(C)C)C1CCCN(C(=O)OC(C)(C)C)C1. The number of nitrogens with zero attached hydrogens (tertiary/aromatic N) is 2. The zero-order valence-electron chi connectivity index (χ0n) is 30.2. The highest BCUT2D eigenvalue weighted by molar-refractivity contribution is 5.99. The highest BCUT2D eigenvalue weighted by Crippen LogP contribution is 2.37. The van der Waals surface area contributed by atoms with Gasteiger partial charge in [0, 0.05) is 80.8 Å². The number of piperidine rings is 1.